The van der Waals surface area contributed by atoms with Crippen molar-refractivity contribution >= 4 is 19.0 Å². The van der Waals surface area contributed by atoms with Gasteiger partial charge in [-0.3, -0.25) is 0 Å². The van der Waals surface area contributed by atoms with Crippen LogP contribution in [0.3, 0.4) is 0 Å². The van der Waals surface area contributed by atoms with Crippen LogP contribution >= 0.6 is 0 Å². The second kappa shape index (κ2) is 27.2. The van der Waals surface area contributed by atoms with Gasteiger partial charge < -0.3 is 26.7 Å². The molecular weight excluding hydrogens is 332 g/mol. The van der Waals surface area contributed by atoms with Crippen molar-refractivity contribution in [1.82, 2.24) is 0 Å². The molecule has 0 amide bonds. The van der Waals surface area contributed by atoms with E-state index in [-0.39, 0.29) is 0 Å². The fraction of sp³-hybridized carbons (Fsp3) is 0.389. The second-order valence-electron chi connectivity index (χ2n) is 4.42. The minimum Gasteiger partial charge on any atom is -0.481 e. The normalized spacial score (nSPS) is 12.0. The highest BCUT2D eigenvalue weighted by atomic mass is 16.5. The number of rotatable bonds is 10. The minimum atomic E-state index is 0.294. The molecule has 0 aliphatic carbocycles. The Morgan fingerprint density at radius 1 is 1.08 bits per heavy atom. The summed E-state index contributed by atoms with van der Waals surface area (Å²) < 4.78 is 9.90. The molecule has 0 saturated heterocycles. The first kappa shape index (κ1) is 28.1. The number of nitrogens with zero attached hydrogens (tertiary/aromatic N) is 3. The summed E-state index contributed by atoms with van der Waals surface area (Å²) in [5.41, 5.74) is 15.5. The van der Waals surface area contributed by atoms with Crippen LogP contribution in [0, 0.1) is 5.92 Å². The lowest BCUT2D eigenvalue weighted by Crippen LogP contribution is -1.99. The standard InChI is InChI=1S/C11H20N4O2.C6H9N.CH5N/c1-10(2)11(7-14-15-8-12)6-13-9-17-5-4-16-3;1-2-3-4-5-6-7;1-2/h6-10H,4-5H2,1-3H3,(H2,12,15);2-6H,1,7H2;2H2,1H3/b11-6-,13-9?,14-7-;4-3-,6-5+;. The molecule has 0 aromatic heterocycles. The Labute approximate surface area is 157 Å². The molecule has 0 aliphatic heterocycles. The average molecular weight is 367 g/mol. The van der Waals surface area contributed by atoms with E-state index < -0.39 is 0 Å². The van der Waals surface area contributed by atoms with Crippen molar-refractivity contribution in [2.75, 3.05) is 27.4 Å². The van der Waals surface area contributed by atoms with E-state index in [1.54, 1.807) is 31.7 Å². The molecular formula is C18H34N6O2. The van der Waals surface area contributed by atoms with E-state index in [2.05, 4.69) is 27.5 Å². The molecule has 0 atom stereocenters. The summed E-state index contributed by atoms with van der Waals surface area (Å²) in [7, 11) is 3.12. The van der Waals surface area contributed by atoms with Gasteiger partial charge in [-0.15, -0.1) is 5.10 Å². The van der Waals surface area contributed by atoms with Gasteiger partial charge in [0.25, 0.3) is 0 Å². The lowest BCUT2D eigenvalue weighted by Gasteiger charge is -2.02. The van der Waals surface area contributed by atoms with Crippen LogP contribution in [0.2, 0.25) is 0 Å². The van der Waals surface area contributed by atoms with E-state index in [1.807, 2.05) is 26.0 Å². The summed E-state index contributed by atoms with van der Waals surface area (Å²) in [6, 6.07) is 0. The monoisotopic (exact) mass is 366 g/mol. The molecule has 0 saturated carbocycles. The van der Waals surface area contributed by atoms with Crippen molar-refractivity contribution in [2.45, 2.75) is 13.8 Å². The van der Waals surface area contributed by atoms with Gasteiger partial charge in [0.2, 0.25) is 0 Å². The Morgan fingerprint density at radius 2 is 1.77 bits per heavy atom. The van der Waals surface area contributed by atoms with Crippen molar-refractivity contribution in [1.29, 1.82) is 0 Å². The highest BCUT2D eigenvalue weighted by Gasteiger charge is 1.98. The molecule has 0 spiro atoms. The van der Waals surface area contributed by atoms with Gasteiger partial charge in [-0.1, -0.05) is 38.7 Å². The molecule has 0 aromatic rings. The number of hydrogen-bond donors (Lipinski definition) is 3. The smallest absolute Gasteiger partial charge is 0.174 e. The van der Waals surface area contributed by atoms with Gasteiger partial charge in [0.1, 0.15) is 12.9 Å². The van der Waals surface area contributed by atoms with Gasteiger partial charge in [-0.2, -0.15) is 5.10 Å². The SMILES string of the molecule is C=C/C=C\C=C\N.CN.COCCOC=N/C=C(/C=N\N=CN)C(C)C. The van der Waals surface area contributed by atoms with E-state index in [9.17, 15) is 0 Å². The van der Waals surface area contributed by atoms with Crippen LogP contribution in [0.1, 0.15) is 13.8 Å². The zero-order valence-corrected chi connectivity index (χ0v) is 16.3. The van der Waals surface area contributed by atoms with Crippen LogP contribution in [-0.2, 0) is 9.47 Å². The van der Waals surface area contributed by atoms with Crippen LogP contribution in [0.5, 0.6) is 0 Å². The summed E-state index contributed by atoms with van der Waals surface area (Å²) in [6.07, 6.45) is 14.3. The van der Waals surface area contributed by atoms with Crippen molar-refractivity contribution in [3.8, 4) is 0 Å². The molecule has 0 rings (SSSR count). The molecule has 148 valence electrons. The number of aliphatic imine (C=N–C) groups is 1. The van der Waals surface area contributed by atoms with Gasteiger partial charge >= 0.3 is 0 Å². The summed E-state index contributed by atoms with van der Waals surface area (Å²) in [6.45, 7) is 8.56. The van der Waals surface area contributed by atoms with E-state index in [0.29, 0.717) is 19.1 Å². The van der Waals surface area contributed by atoms with Crippen molar-refractivity contribution in [3.05, 3.63) is 48.9 Å². The van der Waals surface area contributed by atoms with Crippen LogP contribution in [0.15, 0.2) is 64.1 Å². The quantitative estimate of drug-likeness (QED) is 0.179. The molecule has 0 heterocycles. The molecule has 0 aliphatic rings. The molecule has 0 radical (unpaired) electrons. The largest absolute Gasteiger partial charge is 0.481 e. The van der Waals surface area contributed by atoms with Crippen LogP contribution in [0.4, 0.5) is 0 Å². The zero-order chi connectivity index (χ0) is 20.5. The first-order chi connectivity index (χ1) is 12.6. The maximum absolute atomic E-state index is 5.07. The fourth-order valence-electron chi connectivity index (χ4n) is 1.02. The third-order valence-electron chi connectivity index (χ3n) is 2.24. The molecule has 0 bridgehead atoms. The fourth-order valence-corrected chi connectivity index (χ4v) is 1.02. The van der Waals surface area contributed by atoms with Crippen LogP contribution in [0.25, 0.3) is 0 Å². The van der Waals surface area contributed by atoms with Gasteiger partial charge in [0, 0.05) is 13.3 Å². The Bertz CT molecular complexity index is 466. The second-order valence-corrected chi connectivity index (χ2v) is 4.42. The predicted octanol–water partition coefficient (Wildman–Crippen LogP) is 1.97. The van der Waals surface area contributed by atoms with Crippen LogP contribution in [-0.4, -0.2) is 46.3 Å². The summed E-state index contributed by atoms with van der Waals surface area (Å²) in [5.74, 6) is 0.294. The van der Waals surface area contributed by atoms with E-state index in [1.165, 1.54) is 19.6 Å². The highest BCUT2D eigenvalue weighted by Crippen LogP contribution is 2.06. The Kier molecular flexibility index (Phi) is 29.4. The van der Waals surface area contributed by atoms with Crippen molar-refractivity contribution in [3.63, 3.8) is 0 Å². The average Bonchev–Trinajstić information content (AvgIpc) is 2.65. The topological polar surface area (TPSA) is 134 Å². The van der Waals surface area contributed by atoms with Crippen molar-refractivity contribution < 1.29 is 9.47 Å². The summed E-state index contributed by atoms with van der Waals surface area (Å²) in [4.78, 5) is 4.00. The maximum Gasteiger partial charge on any atom is 0.174 e. The Balaban J connectivity index is -0.000000491. The van der Waals surface area contributed by atoms with Gasteiger partial charge in [0.05, 0.1) is 12.8 Å². The van der Waals surface area contributed by atoms with E-state index in [0.717, 1.165) is 11.9 Å². The first-order valence-corrected chi connectivity index (χ1v) is 7.96. The molecule has 8 nitrogen and oxygen atoms in total. The molecule has 26 heavy (non-hydrogen) atoms. The zero-order valence-electron chi connectivity index (χ0n) is 16.3. The summed E-state index contributed by atoms with van der Waals surface area (Å²) in [5, 5.41) is 7.30. The number of methoxy groups -OCH3 is 1. The first-order valence-electron chi connectivity index (χ1n) is 7.96. The van der Waals surface area contributed by atoms with Gasteiger partial charge in [0.15, 0.2) is 6.40 Å². The van der Waals surface area contributed by atoms with Gasteiger partial charge in [-0.25, -0.2) is 4.99 Å². The minimum absolute atomic E-state index is 0.294. The Morgan fingerprint density at radius 3 is 2.27 bits per heavy atom. The molecule has 0 aromatic carbocycles. The predicted molar refractivity (Wildman–Crippen MR) is 113 cm³/mol. The third-order valence-corrected chi connectivity index (χ3v) is 2.24. The third kappa shape index (κ3) is 26.2. The number of ether oxygens (including phenoxy) is 2. The van der Waals surface area contributed by atoms with Gasteiger partial charge in [-0.05, 0) is 30.8 Å². The lowest BCUT2D eigenvalue weighted by atomic mass is 10.1. The summed E-state index contributed by atoms with van der Waals surface area (Å²) >= 11 is 0. The van der Waals surface area contributed by atoms with Crippen molar-refractivity contribution in [2.24, 2.45) is 38.3 Å². The van der Waals surface area contributed by atoms with E-state index >= 15 is 0 Å². The lowest BCUT2D eigenvalue weighted by molar-refractivity contribution is 0.145. The Hall–Kier alpha value is -2.71. The van der Waals surface area contributed by atoms with Crippen LogP contribution < -0.4 is 17.2 Å². The maximum atomic E-state index is 5.07. The number of allylic oxidation sites excluding steroid dienone is 5. The molecule has 0 fully saturated rings. The number of nitrogens with two attached hydrogens (primary N) is 3. The number of hydrogen-bond acceptors (Lipinski definition) is 7. The highest BCUT2D eigenvalue weighted by molar-refractivity contribution is 5.79. The van der Waals surface area contributed by atoms with E-state index in [4.69, 9.17) is 20.9 Å². The molecule has 0 unspecified atom stereocenters. The molecule has 6 N–H and O–H groups in total. The molecule has 8 heteroatoms.